The van der Waals surface area contributed by atoms with Gasteiger partial charge in [0, 0.05) is 11.1 Å². The molecular weight excluding hydrogens is 316 g/mol. The Labute approximate surface area is 145 Å². The molecule has 1 aromatic heterocycles. The number of hydrogen-bond acceptors (Lipinski definition) is 3. The number of fused-ring (bicyclic) bond motifs is 1. The average molecular weight is 336 g/mol. The van der Waals surface area contributed by atoms with Crippen molar-refractivity contribution >= 4 is 16.9 Å². The zero-order chi connectivity index (χ0) is 18.4. The Kier molecular flexibility index (Phi) is 3.99. The third kappa shape index (κ3) is 2.95. The van der Waals surface area contributed by atoms with Crippen LogP contribution in [0.2, 0.25) is 0 Å². The molecule has 0 spiro atoms. The molecule has 0 saturated carbocycles. The van der Waals surface area contributed by atoms with Crippen molar-refractivity contribution in [3.63, 3.8) is 0 Å². The van der Waals surface area contributed by atoms with Gasteiger partial charge >= 0.3 is 5.97 Å². The van der Waals surface area contributed by atoms with E-state index in [4.69, 9.17) is 4.42 Å². The quantitative estimate of drug-likeness (QED) is 0.732. The van der Waals surface area contributed by atoms with Crippen LogP contribution in [0.4, 0.5) is 0 Å². The van der Waals surface area contributed by atoms with Crippen molar-refractivity contribution in [2.24, 2.45) is 0 Å². The van der Waals surface area contributed by atoms with E-state index in [0.717, 1.165) is 5.56 Å². The summed E-state index contributed by atoms with van der Waals surface area (Å²) < 4.78 is 5.90. The van der Waals surface area contributed by atoms with E-state index in [1.54, 1.807) is 19.1 Å². The van der Waals surface area contributed by atoms with Gasteiger partial charge in [0.05, 0.1) is 5.39 Å². The van der Waals surface area contributed by atoms with E-state index in [1.165, 1.54) is 11.6 Å². The zero-order valence-corrected chi connectivity index (χ0v) is 14.7. The van der Waals surface area contributed by atoms with Crippen LogP contribution in [0.15, 0.2) is 51.7 Å². The number of para-hydroxylation sites is 1. The zero-order valence-electron chi connectivity index (χ0n) is 14.7. The van der Waals surface area contributed by atoms with E-state index in [1.807, 2.05) is 24.3 Å². The van der Waals surface area contributed by atoms with Crippen molar-refractivity contribution in [1.29, 1.82) is 0 Å². The number of hydrogen-bond donors (Lipinski definition) is 1. The normalized spacial score (nSPS) is 11.7. The lowest BCUT2D eigenvalue weighted by Gasteiger charge is -2.19. The molecule has 4 heteroatoms. The maximum atomic E-state index is 12.7. The molecule has 0 unspecified atom stereocenters. The molecule has 25 heavy (non-hydrogen) atoms. The van der Waals surface area contributed by atoms with E-state index in [-0.39, 0.29) is 27.4 Å². The number of carbonyl (C=O) groups is 1. The van der Waals surface area contributed by atoms with Gasteiger partial charge in [0.25, 0.3) is 0 Å². The standard InChI is InChI=1S/C21H20O4/c1-12-17(22)15-6-5-7-16(20(23)24)19(15)25-18(12)13-8-10-14(11-9-13)21(2,3)4/h5-11H,1-4H3,(H,23,24). The summed E-state index contributed by atoms with van der Waals surface area (Å²) in [6.45, 7) is 8.08. The first-order chi connectivity index (χ1) is 11.7. The van der Waals surface area contributed by atoms with E-state index in [0.29, 0.717) is 11.3 Å². The topological polar surface area (TPSA) is 67.5 Å². The van der Waals surface area contributed by atoms with E-state index < -0.39 is 5.97 Å². The molecule has 0 atom stereocenters. The van der Waals surface area contributed by atoms with E-state index in [2.05, 4.69) is 20.8 Å². The third-order valence-electron chi connectivity index (χ3n) is 4.39. The maximum absolute atomic E-state index is 12.7. The number of carboxylic acids is 1. The fourth-order valence-electron chi connectivity index (χ4n) is 2.87. The summed E-state index contributed by atoms with van der Waals surface area (Å²) in [6.07, 6.45) is 0. The van der Waals surface area contributed by atoms with Crippen LogP contribution in [0.1, 0.15) is 42.3 Å². The minimum absolute atomic E-state index is 0.0119. The molecule has 0 fully saturated rings. The summed E-state index contributed by atoms with van der Waals surface area (Å²) in [5, 5.41) is 9.65. The minimum atomic E-state index is -1.12. The Morgan fingerprint density at radius 1 is 1.04 bits per heavy atom. The van der Waals surface area contributed by atoms with Gasteiger partial charge in [-0.15, -0.1) is 0 Å². The fourth-order valence-corrected chi connectivity index (χ4v) is 2.87. The molecule has 4 nitrogen and oxygen atoms in total. The predicted octanol–water partition coefficient (Wildman–Crippen LogP) is 4.76. The number of carboxylic acid groups (broad SMARTS) is 1. The lowest BCUT2D eigenvalue weighted by molar-refractivity contribution is 0.0698. The average Bonchev–Trinajstić information content (AvgIpc) is 2.56. The van der Waals surface area contributed by atoms with Crippen LogP contribution in [-0.4, -0.2) is 11.1 Å². The molecule has 1 heterocycles. The Morgan fingerprint density at radius 2 is 1.68 bits per heavy atom. The van der Waals surface area contributed by atoms with Crippen LogP contribution >= 0.6 is 0 Å². The Balaban J connectivity index is 2.26. The lowest BCUT2D eigenvalue weighted by atomic mass is 9.86. The lowest BCUT2D eigenvalue weighted by Crippen LogP contribution is -2.11. The van der Waals surface area contributed by atoms with Crippen molar-refractivity contribution in [3.8, 4) is 11.3 Å². The fraction of sp³-hybridized carbons (Fsp3) is 0.238. The summed E-state index contributed by atoms with van der Waals surface area (Å²) in [5.74, 6) is -0.710. The molecule has 1 N–H and O–H groups in total. The smallest absolute Gasteiger partial charge is 0.339 e. The second-order valence-corrected chi connectivity index (χ2v) is 7.20. The van der Waals surface area contributed by atoms with Gasteiger partial charge in [0.15, 0.2) is 11.0 Å². The molecule has 3 aromatic rings. The van der Waals surface area contributed by atoms with Gasteiger partial charge in [-0.1, -0.05) is 51.1 Å². The molecule has 128 valence electrons. The van der Waals surface area contributed by atoms with Crippen molar-refractivity contribution in [2.75, 3.05) is 0 Å². The van der Waals surface area contributed by atoms with Gasteiger partial charge in [-0.25, -0.2) is 4.79 Å². The summed E-state index contributed by atoms with van der Waals surface area (Å²) >= 11 is 0. The molecule has 2 aromatic carbocycles. The number of benzene rings is 2. The highest BCUT2D eigenvalue weighted by Gasteiger charge is 2.19. The second-order valence-electron chi connectivity index (χ2n) is 7.20. The highest BCUT2D eigenvalue weighted by atomic mass is 16.4. The van der Waals surface area contributed by atoms with Gasteiger partial charge in [0.1, 0.15) is 11.3 Å². The number of rotatable bonds is 2. The molecule has 0 aliphatic carbocycles. The van der Waals surface area contributed by atoms with Crippen LogP contribution in [0.3, 0.4) is 0 Å². The first-order valence-corrected chi connectivity index (χ1v) is 8.11. The van der Waals surface area contributed by atoms with Crippen LogP contribution < -0.4 is 5.43 Å². The molecule has 0 aliphatic rings. The monoisotopic (exact) mass is 336 g/mol. The first-order valence-electron chi connectivity index (χ1n) is 8.11. The van der Waals surface area contributed by atoms with Crippen molar-refractivity contribution in [2.45, 2.75) is 33.1 Å². The molecule has 0 saturated heterocycles. The molecule has 0 bridgehead atoms. The van der Waals surface area contributed by atoms with Crippen LogP contribution in [0.25, 0.3) is 22.3 Å². The van der Waals surface area contributed by atoms with Gasteiger partial charge in [-0.2, -0.15) is 0 Å². The SMILES string of the molecule is Cc1c(-c2ccc(C(C)(C)C)cc2)oc2c(C(=O)O)cccc2c1=O. The highest BCUT2D eigenvalue weighted by Crippen LogP contribution is 2.30. The summed E-state index contributed by atoms with van der Waals surface area (Å²) in [4.78, 5) is 24.1. The highest BCUT2D eigenvalue weighted by molar-refractivity contribution is 6.01. The van der Waals surface area contributed by atoms with Gasteiger partial charge in [-0.3, -0.25) is 4.79 Å². The Bertz CT molecular complexity index is 1020. The van der Waals surface area contributed by atoms with E-state index >= 15 is 0 Å². The molecule has 0 amide bonds. The van der Waals surface area contributed by atoms with Crippen molar-refractivity contribution in [3.05, 3.63) is 69.4 Å². The van der Waals surface area contributed by atoms with Gasteiger partial charge in [-0.05, 0) is 30.0 Å². The largest absolute Gasteiger partial charge is 0.478 e. The van der Waals surface area contributed by atoms with Crippen LogP contribution in [0, 0.1) is 6.92 Å². The summed E-state index contributed by atoms with van der Waals surface area (Å²) in [6, 6.07) is 12.4. The molecule has 0 radical (unpaired) electrons. The minimum Gasteiger partial charge on any atom is -0.478 e. The van der Waals surface area contributed by atoms with Gasteiger partial charge in [0.2, 0.25) is 0 Å². The Hall–Kier alpha value is -2.88. The van der Waals surface area contributed by atoms with Crippen molar-refractivity contribution in [1.82, 2.24) is 0 Å². The van der Waals surface area contributed by atoms with Gasteiger partial charge < -0.3 is 9.52 Å². The summed E-state index contributed by atoms with van der Waals surface area (Å²) in [7, 11) is 0. The van der Waals surface area contributed by atoms with Crippen LogP contribution in [-0.2, 0) is 5.41 Å². The van der Waals surface area contributed by atoms with Crippen LogP contribution in [0.5, 0.6) is 0 Å². The number of aromatic carboxylic acids is 1. The molecular formula is C21H20O4. The van der Waals surface area contributed by atoms with E-state index in [9.17, 15) is 14.7 Å². The van der Waals surface area contributed by atoms with Crippen molar-refractivity contribution < 1.29 is 14.3 Å². The third-order valence-corrected chi connectivity index (χ3v) is 4.39. The maximum Gasteiger partial charge on any atom is 0.339 e. The molecule has 3 rings (SSSR count). The predicted molar refractivity (Wildman–Crippen MR) is 98.3 cm³/mol. The first kappa shape index (κ1) is 17.0. The second kappa shape index (κ2) is 5.88. The Morgan fingerprint density at radius 3 is 2.24 bits per heavy atom. The molecule has 0 aliphatic heterocycles. The summed E-state index contributed by atoms with van der Waals surface area (Å²) in [5.41, 5.74) is 2.31.